The molecule has 1 amide bonds. The van der Waals surface area contributed by atoms with E-state index in [0.29, 0.717) is 55.3 Å². The normalized spacial score (nSPS) is 21.1. The van der Waals surface area contributed by atoms with Crippen molar-refractivity contribution in [1.29, 1.82) is 0 Å². The smallest absolute Gasteiger partial charge is 0.268 e. The zero-order chi connectivity index (χ0) is 42.9. The minimum Gasteiger partial charge on any atom is -0.476 e. The maximum absolute atomic E-state index is 13.9. The molecule has 3 N–H and O–H groups in total. The lowest BCUT2D eigenvalue weighted by Crippen LogP contribution is -2.47. The van der Waals surface area contributed by atoms with Crippen molar-refractivity contribution in [2.75, 3.05) is 50.8 Å². The van der Waals surface area contributed by atoms with E-state index in [1.807, 2.05) is 25.1 Å². The molecule has 8 rings (SSSR count). The van der Waals surface area contributed by atoms with E-state index in [2.05, 4.69) is 55.7 Å². The highest BCUT2D eigenvalue weighted by Gasteiger charge is 2.32. The average Bonchev–Trinajstić information content (AvgIpc) is 3.72. The molecule has 1 saturated heterocycles. The molecule has 16 heteroatoms. The number of halogens is 2. The molecular weight excluding hydrogens is 840 g/mol. The van der Waals surface area contributed by atoms with Gasteiger partial charge in [0.15, 0.2) is 0 Å². The van der Waals surface area contributed by atoms with E-state index in [1.165, 1.54) is 17.2 Å². The molecule has 5 aromatic rings. The summed E-state index contributed by atoms with van der Waals surface area (Å²) >= 11 is 12.7. The van der Waals surface area contributed by atoms with E-state index in [-0.39, 0.29) is 38.6 Å². The molecule has 0 spiro atoms. The first-order valence-electron chi connectivity index (χ1n) is 20.5. The van der Waals surface area contributed by atoms with Gasteiger partial charge < -0.3 is 24.2 Å². The van der Waals surface area contributed by atoms with Crippen LogP contribution in [0.25, 0.3) is 16.5 Å². The van der Waals surface area contributed by atoms with Crippen molar-refractivity contribution in [1.82, 2.24) is 24.8 Å². The largest absolute Gasteiger partial charge is 0.476 e. The first-order chi connectivity index (χ1) is 29.1. The van der Waals surface area contributed by atoms with E-state index in [1.54, 1.807) is 36.5 Å². The van der Waals surface area contributed by atoms with Crippen LogP contribution in [0.1, 0.15) is 68.8 Å². The average molecular weight is 890 g/mol. The monoisotopic (exact) mass is 888 g/mol. The lowest BCUT2D eigenvalue weighted by Gasteiger charge is -2.39. The lowest BCUT2D eigenvalue weighted by molar-refractivity contribution is -0.0101. The number of hydrogen-bond donors (Lipinski definition) is 3. The quantitative estimate of drug-likeness (QED) is 0.111. The highest BCUT2D eigenvalue weighted by Crippen LogP contribution is 2.38. The summed E-state index contributed by atoms with van der Waals surface area (Å²) in [6.07, 6.45) is 6.49. The summed E-state index contributed by atoms with van der Waals surface area (Å²) in [6, 6.07) is 19.8. The summed E-state index contributed by atoms with van der Waals surface area (Å²) in [5, 5.41) is 18.7. The number of pyridine rings is 1. The number of aromatic nitrogens is 3. The zero-order valence-corrected chi connectivity index (χ0v) is 36.7. The second-order valence-electron chi connectivity index (χ2n) is 17.1. The minimum atomic E-state index is -4.42. The third-order valence-corrected chi connectivity index (χ3v) is 13.7. The summed E-state index contributed by atoms with van der Waals surface area (Å²) < 4.78 is 47.9. The number of amides is 1. The molecule has 0 unspecified atom stereocenters. The molecular formula is C45H50Cl2N6O7S. The second kappa shape index (κ2) is 17.6. The number of carbonyl (C=O) groups excluding carboxylic acids is 1. The predicted molar refractivity (Wildman–Crippen MR) is 236 cm³/mol. The van der Waals surface area contributed by atoms with Gasteiger partial charge in [0.2, 0.25) is 5.88 Å². The van der Waals surface area contributed by atoms with Crippen LogP contribution in [0.15, 0.2) is 89.6 Å². The van der Waals surface area contributed by atoms with Crippen LogP contribution in [-0.2, 0) is 14.8 Å². The third kappa shape index (κ3) is 10.2. The number of H-pyrrole nitrogens is 1. The summed E-state index contributed by atoms with van der Waals surface area (Å²) in [6.45, 7) is 10.7. The molecule has 4 heterocycles. The van der Waals surface area contributed by atoms with E-state index < -0.39 is 21.5 Å². The van der Waals surface area contributed by atoms with E-state index >= 15 is 0 Å². The van der Waals surface area contributed by atoms with Crippen molar-refractivity contribution in [2.45, 2.75) is 69.0 Å². The van der Waals surface area contributed by atoms with Crippen LogP contribution in [0.5, 0.6) is 17.4 Å². The maximum Gasteiger partial charge on any atom is 0.268 e. The first kappa shape index (κ1) is 43.0. The van der Waals surface area contributed by atoms with Crippen LogP contribution < -0.4 is 19.1 Å². The topological polar surface area (TPSA) is 159 Å². The van der Waals surface area contributed by atoms with Gasteiger partial charge in [0.25, 0.3) is 15.9 Å². The highest BCUT2D eigenvalue weighted by atomic mass is 35.5. The number of carbonyl (C=O) groups is 1. The number of fused-ring (bicyclic) bond motifs is 1. The summed E-state index contributed by atoms with van der Waals surface area (Å²) in [4.78, 5) is 22.4. The third-order valence-electron chi connectivity index (χ3n) is 11.8. The van der Waals surface area contributed by atoms with Crippen molar-refractivity contribution in [2.24, 2.45) is 5.92 Å². The summed E-state index contributed by atoms with van der Waals surface area (Å²) in [7, 11) is -4.42. The van der Waals surface area contributed by atoms with Gasteiger partial charge in [0.1, 0.15) is 21.4 Å². The number of anilines is 1. The van der Waals surface area contributed by atoms with E-state index in [9.17, 15) is 18.3 Å². The Labute approximate surface area is 366 Å². The van der Waals surface area contributed by atoms with Gasteiger partial charge in [-0.15, -0.1) is 0 Å². The molecule has 0 atom stereocenters. The fourth-order valence-electron chi connectivity index (χ4n) is 8.19. The Hall–Kier alpha value is -4.70. The SMILES string of the molecule is CC1(C)CC(c2ccc(Cl)cc2)=C(CN2CCN(c3ccc(C(=O)NS(=O)(=O)c4cnc(OC[C@H]5CC[C@](C)(O)CC5)c(Cl)c4)c(Oc4cccc5[nH]ncc45)c3)CC2)CO1. The minimum absolute atomic E-state index is 0.00504. The van der Waals surface area contributed by atoms with Gasteiger partial charge in [-0.1, -0.05) is 41.4 Å². The predicted octanol–water partition coefficient (Wildman–Crippen LogP) is 8.27. The van der Waals surface area contributed by atoms with Gasteiger partial charge >= 0.3 is 0 Å². The van der Waals surface area contributed by atoms with Crippen LogP contribution in [0.3, 0.4) is 0 Å². The maximum atomic E-state index is 13.9. The zero-order valence-electron chi connectivity index (χ0n) is 34.4. The number of nitrogens with zero attached hydrogens (tertiary/aromatic N) is 4. The molecule has 3 aromatic carbocycles. The van der Waals surface area contributed by atoms with Crippen molar-refractivity contribution >= 4 is 61.3 Å². The standard InChI is InChI=1S/C45H50Cl2N6O7S/c1-44(2)23-36(30-7-9-32(46)10-8-30)31(28-59-44)26-52-17-19-53(20-18-52)33-11-12-35(41(21-33)60-40-6-4-5-39-37(40)25-49-50-39)42(54)51-61(56,57)34-22-38(47)43(48-24-34)58-27-29-13-15-45(3,55)16-14-29/h4-12,21-22,24-25,29,55H,13-20,23,26-28H2,1-3H3,(H,49,50)(H,51,54)/t29-,45-. The Morgan fingerprint density at radius 3 is 2.48 bits per heavy atom. The molecule has 1 saturated carbocycles. The number of aliphatic hydroxyl groups is 1. The van der Waals surface area contributed by atoms with Gasteiger partial charge in [-0.25, -0.2) is 18.1 Å². The van der Waals surface area contributed by atoms with Crippen molar-refractivity contribution < 1.29 is 32.5 Å². The molecule has 322 valence electrons. The molecule has 0 radical (unpaired) electrons. The first-order valence-corrected chi connectivity index (χ1v) is 22.8. The highest BCUT2D eigenvalue weighted by molar-refractivity contribution is 7.90. The van der Waals surface area contributed by atoms with Crippen molar-refractivity contribution in [3.05, 3.63) is 106 Å². The number of hydrogen-bond acceptors (Lipinski definition) is 11. The van der Waals surface area contributed by atoms with Crippen molar-refractivity contribution in [3.8, 4) is 17.4 Å². The van der Waals surface area contributed by atoms with Gasteiger partial charge in [-0.2, -0.15) is 5.10 Å². The Bertz CT molecular complexity index is 2540. The van der Waals surface area contributed by atoms with Crippen LogP contribution in [0, 0.1) is 5.92 Å². The number of aromatic amines is 1. The van der Waals surface area contributed by atoms with E-state index in [0.717, 1.165) is 61.9 Å². The fourth-order valence-corrected chi connectivity index (χ4v) is 9.54. The number of ether oxygens (including phenoxy) is 3. The Balaban J connectivity index is 0.981. The Morgan fingerprint density at radius 1 is 0.984 bits per heavy atom. The summed E-state index contributed by atoms with van der Waals surface area (Å²) in [5.74, 6) is 0.0361. The molecule has 13 nitrogen and oxygen atoms in total. The van der Waals surface area contributed by atoms with Crippen LogP contribution in [0.2, 0.25) is 10.0 Å². The molecule has 1 aliphatic carbocycles. The number of piperazine rings is 1. The van der Waals surface area contributed by atoms with Gasteiger partial charge in [0, 0.05) is 55.9 Å². The Morgan fingerprint density at radius 2 is 1.74 bits per heavy atom. The van der Waals surface area contributed by atoms with Gasteiger partial charge in [0.05, 0.1) is 53.3 Å². The fraction of sp³-hybridized carbons (Fsp3) is 0.400. The Kier molecular flexibility index (Phi) is 12.4. The number of benzene rings is 3. The molecule has 3 aliphatic rings. The molecule has 2 fully saturated rings. The van der Waals surface area contributed by atoms with Gasteiger partial charge in [-0.05, 0) is 112 Å². The van der Waals surface area contributed by atoms with Crippen LogP contribution in [0.4, 0.5) is 5.69 Å². The number of rotatable bonds is 12. The number of sulfonamides is 1. The number of nitrogens with one attached hydrogen (secondary N) is 2. The van der Waals surface area contributed by atoms with Crippen LogP contribution >= 0.6 is 23.2 Å². The van der Waals surface area contributed by atoms with Crippen LogP contribution in [-0.4, -0.2) is 96.7 Å². The van der Waals surface area contributed by atoms with E-state index in [4.69, 9.17) is 37.4 Å². The molecule has 2 aliphatic heterocycles. The lowest BCUT2D eigenvalue weighted by atomic mass is 9.80. The van der Waals surface area contributed by atoms with Crippen molar-refractivity contribution in [3.63, 3.8) is 0 Å². The van der Waals surface area contributed by atoms with Gasteiger partial charge in [-0.3, -0.25) is 14.8 Å². The second-order valence-corrected chi connectivity index (χ2v) is 19.6. The summed E-state index contributed by atoms with van der Waals surface area (Å²) in [5.41, 5.74) is 4.37. The molecule has 2 aromatic heterocycles. The molecule has 0 bridgehead atoms. The molecule has 61 heavy (non-hydrogen) atoms.